The summed E-state index contributed by atoms with van der Waals surface area (Å²) in [4.78, 5) is 7.05. The van der Waals surface area contributed by atoms with Gasteiger partial charge in [-0.25, -0.2) is 4.98 Å². The number of aliphatic hydroxyl groups is 1. The molecule has 1 aliphatic rings. The van der Waals surface area contributed by atoms with Crippen LogP contribution in [0.2, 0.25) is 0 Å². The summed E-state index contributed by atoms with van der Waals surface area (Å²) in [6.45, 7) is 3.20. The number of hydrogen-bond acceptors (Lipinski definition) is 5. The van der Waals surface area contributed by atoms with Crippen LogP contribution in [0.1, 0.15) is 61.3 Å². The molecule has 5 heteroatoms. The zero-order chi connectivity index (χ0) is 26.5. The molecule has 1 fully saturated rings. The molecule has 4 aromatic rings. The van der Waals surface area contributed by atoms with E-state index in [1.54, 1.807) is 0 Å². The molecule has 1 aromatic heterocycles. The second-order valence-corrected chi connectivity index (χ2v) is 10.9. The Hall–Kier alpha value is -3.41. The topological polar surface area (TPSA) is 60.4 Å². The molecule has 5 rings (SSSR count). The van der Waals surface area contributed by atoms with Crippen molar-refractivity contribution in [2.24, 2.45) is 0 Å². The van der Waals surface area contributed by atoms with Gasteiger partial charge in [-0.2, -0.15) is 0 Å². The number of para-hydroxylation sites is 1. The van der Waals surface area contributed by atoms with E-state index in [4.69, 9.17) is 4.98 Å². The number of nitrogens with zero attached hydrogens (tertiary/aromatic N) is 2. The summed E-state index contributed by atoms with van der Waals surface area (Å²) in [6, 6.07) is 29.8. The molecule has 1 saturated carbocycles. The highest BCUT2D eigenvalue weighted by Gasteiger charge is 2.22. The van der Waals surface area contributed by atoms with Crippen LogP contribution in [0.15, 0.2) is 84.9 Å². The van der Waals surface area contributed by atoms with E-state index in [1.807, 2.05) is 36.4 Å². The summed E-state index contributed by atoms with van der Waals surface area (Å²) in [5.41, 5.74) is 5.37. The fourth-order valence-corrected chi connectivity index (χ4v) is 5.58. The summed E-state index contributed by atoms with van der Waals surface area (Å²) < 4.78 is 0. The zero-order valence-corrected chi connectivity index (χ0v) is 22.8. The van der Waals surface area contributed by atoms with E-state index in [-0.39, 0.29) is 0 Å². The van der Waals surface area contributed by atoms with Gasteiger partial charge in [-0.05, 0) is 54.4 Å². The first-order valence-electron chi connectivity index (χ1n) is 13.9. The number of aliphatic hydroxyl groups excluding tert-OH is 1. The maximum atomic E-state index is 10.8. The van der Waals surface area contributed by atoms with E-state index in [1.165, 1.54) is 16.6 Å². The van der Waals surface area contributed by atoms with E-state index < -0.39 is 6.10 Å². The molecule has 1 unspecified atom stereocenters. The summed E-state index contributed by atoms with van der Waals surface area (Å²) in [5, 5.41) is 19.6. The van der Waals surface area contributed by atoms with Crippen LogP contribution in [0, 0.1) is 0 Å². The minimum atomic E-state index is -0.593. The second kappa shape index (κ2) is 12.0. The third-order valence-electron chi connectivity index (χ3n) is 7.88. The van der Waals surface area contributed by atoms with Crippen molar-refractivity contribution in [1.29, 1.82) is 0 Å². The van der Waals surface area contributed by atoms with Crippen molar-refractivity contribution in [2.45, 2.75) is 56.7 Å². The minimum absolute atomic E-state index is 0.375. The molecule has 0 radical (unpaired) electrons. The van der Waals surface area contributed by atoms with Crippen LogP contribution < -0.4 is 15.5 Å². The number of anilines is 2. The second-order valence-electron chi connectivity index (χ2n) is 10.9. The average Bonchev–Trinajstić information content (AvgIpc) is 2.96. The van der Waals surface area contributed by atoms with E-state index in [2.05, 4.69) is 85.1 Å². The molecule has 0 aliphatic heterocycles. The average molecular weight is 509 g/mol. The largest absolute Gasteiger partial charge is 0.384 e. The number of pyridine rings is 1. The van der Waals surface area contributed by atoms with Crippen LogP contribution in [-0.4, -0.2) is 42.8 Å². The standard InChI is InChI=1S/C33H40N4O/c1-23(25-12-9-13-26(20-25)33(38)24-10-5-4-6-11-24)22-34-27-16-18-28(19-17-27)35-32-21-31(37(2)3)29-14-7-8-15-30(29)36-32/h4-15,20-21,23,27-28,33-34,38H,16-19,22H2,1-3H3,(H,35,36)/t23-,27-,28+,33?/m1/s1. The third-order valence-corrected chi connectivity index (χ3v) is 7.88. The molecular weight excluding hydrogens is 468 g/mol. The Kier molecular flexibility index (Phi) is 8.26. The molecule has 0 saturated heterocycles. The van der Waals surface area contributed by atoms with Crippen molar-refractivity contribution in [2.75, 3.05) is 30.9 Å². The van der Waals surface area contributed by atoms with Crippen LogP contribution in [-0.2, 0) is 0 Å². The Morgan fingerprint density at radius 3 is 2.24 bits per heavy atom. The first-order valence-corrected chi connectivity index (χ1v) is 13.9. The number of hydrogen-bond donors (Lipinski definition) is 3. The molecule has 1 heterocycles. The van der Waals surface area contributed by atoms with E-state index in [0.717, 1.165) is 54.7 Å². The lowest BCUT2D eigenvalue weighted by Crippen LogP contribution is -2.38. The van der Waals surface area contributed by atoms with Gasteiger partial charge in [-0.15, -0.1) is 0 Å². The Bertz CT molecular complexity index is 1330. The van der Waals surface area contributed by atoms with Crippen LogP contribution in [0.4, 0.5) is 11.5 Å². The van der Waals surface area contributed by atoms with Gasteiger partial charge in [-0.3, -0.25) is 0 Å². The predicted molar refractivity (Wildman–Crippen MR) is 159 cm³/mol. The van der Waals surface area contributed by atoms with Crippen molar-refractivity contribution in [3.8, 4) is 0 Å². The number of nitrogens with one attached hydrogen (secondary N) is 2. The van der Waals surface area contributed by atoms with Gasteiger partial charge in [0.15, 0.2) is 0 Å². The highest BCUT2D eigenvalue weighted by molar-refractivity contribution is 5.93. The van der Waals surface area contributed by atoms with Gasteiger partial charge in [0, 0.05) is 49.9 Å². The van der Waals surface area contributed by atoms with Crippen LogP contribution >= 0.6 is 0 Å². The predicted octanol–water partition coefficient (Wildman–Crippen LogP) is 6.50. The summed E-state index contributed by atoms with van der Waals surface area (Å²) >= 11 is 0. The third kappa shape index (κ3) is 6.17. The molecule has 0 spiro atoms. The van der Waals surface area contributed by atoms with Gasteiger partial charge in [0.05, 0.1) is 5.52 Å². The molecule has 198 valence electrons. The van der Waals surface area contributed by atoms with Gasteiger partial charge in [0.1, 0.15) is 11.9 Å². The highest BCUT2D eigenvalue weighted by atomic mass is 16.3. The SMILES string of the molecule is C[C@H](CN[C@H]1CC[C@@H](Nc2cc(N(C)C)c3ccccc3n2)CC1)c1cccc(C(O)c2ccccc2)c1. The Morgan fingerprint density at radius 2 is 1.47 bits per heavy atom. The van der Waals surface area contributed by atoms with Crippen molar-refractivity contribution >= 4 is 22.4 Å². The van der Waals surface area contributed by atoms with Crippen LogP contribution in [0.5, 0.6) is 0 Å². The Labute approximate surface area is 226 Å². The fourth-order valence-electron chi connectivity index (χ4n) is 5.58. The van der Waals surface area contributed by atoms with Crippen LogP contribution in [0.25, 0.3) is 10.9 Å². The molecule has 5 nitrogen and oxygen atoms in total. The first-order chi connectivity index (χ1) is 18.5. The fraction of sp³-hybridized carbons (Fsp3) is 0.364. The molecule has 3 N–H and O–H groups in total. The molecule has 0 amide bonds. The van der Waals surface area contributed by atoms with Crippen molar-refractivity contribution in [3.63, 3.8) is 0 Å². The van der Waals surface area contributed by atoms with E-state index in [9.17, 15) is 5.11 Å². The molecular formula is C33H40N4O. The van der Waals surface area contributed by atoms with Gasteiger partial charge in [-0.1, -0.05) is 79.7 Å². The zero-order valence-electron chi connectivity index (χ0n) is 22.8. The van der Waals surface area contributed by atoms with Gasteiger partial charge in [0.25, 0.3) is 0 Å². The van der Waals surface area contributed by atoms with Crippen molar-refractivity contribution < 1.29 is 5.11 Å². The number of fused-ring (bicyclic) bond motifs is 1. The minimum Gasteiger partial charge on any atom is -0.384 e. The maximum absolute atomic E-state index is 10.8. The summed E-state index contributed by atoms with van der Waals surface area (Å²) in [6.07, 6.45) is 3.99. The van der Waals surface area contributed by atoms with Gasteiger partial charge >= 0.3 is 0 Å². The summed E-state index contributed by atoms with van der Waals surface area (Å²) in [7, 11) is 4.18. The maximum Gasteiger partial charge on any atom is 0.128 e. The Balaban J connectivity index is 1.13. The van der Waals surface area contributed by atoms with Crippen molar-refractivity contribution in [3.05, 3.63) is 102 Å². The molecule has 38 heavy (non-hydrogen) atoms. The summed E-state index contributed by atoms with van der Waals surface area (Å²) in [5.74, 6) is 1.34. The molecule has 1 aliphatic carbocycles. The molecule has 0 bridgehead atoms. The van der Waals surface area contributed by atoms with Gasteiger partial charge < -0.3 is 20.6 Å². The Morgan fingerprint density at radius 1 is 0.816 bits per heavy atom. The highest BCUT2D eigenvalue weighted by Crippen LogP contribution is 2.30. The van der Waals surface area contributed by atoms with E-state index in [0.29, 0.717) is 18.0 Å². The van der Waals surface area contributed by atoms with Crippen LogP contribution in [0.3, 0.4) is 0 Å². The smallest absolute Gasteiger partial charge is 0.128 e. The van der Waals surface area contributed by atoms with Crippen molar-refractivity contribution in [1.82, 2.24) is 10.3 Å². The lowest BCUT2D eigenvalue weighted by Gasteiger charge is -2.31. The number of aromatic nitrogens is 1. The monoisotopic (exact) mass is 508 g/mol. The normalized spacial score (nSPS) is 19.2. The van der Waals surface area contributed by atoms with E-state index >= 15 is 0 Å². The first kappa shape index (κ1) is 26.2. The molecule has 2 atom stereocenters. The lowest BCUT2D eigenvalue weighted by atomic mass is 9.90. The lowest BCUT2D eigenvalue weighted by molar-refractivity contribution is 0.220. The van der Waals surface area contributed by atoms with Gasteiger partial charge in [0.2, 0.25) is 0 Å². The number of benzene rings is 3. The molecule has 3 aromatic carbocycles. The quantitative estimate of drug-likeness (QED) is 0.241. The number of rotatable bonds is 9.